The summed E-state index contributed by atoms with van der Waals surface area (Å²) in [5.74, 6) is 0.563. The maximum absolute atomic E-state index is 12.1. The van der Waals surface area contributed by atoms with Gasteiger partial charge in [0.15, 0.2) is 0 Å². The number of nitrogens with one attached hydrogen (secondary N) is 1. The van der Waals surface area contributed by atoms with Gasteiger partial charge in [0, 0.05) is 6.54 Å². The van der Waals surface area contributed by atoms with Crippen molar-refractivity contribution in [2.75, 3.05) is 6.54 Å². The summed E-state index contributed by atoms with van der Waals surface area (Å²) in [6.07, 6.45) is 1.80. The lowest BCUT2D eigenvalue weighted by molar-refractivity contribution is 0.539. The predicted molar refractivity (Wildman–Crippen MR) is 75.2 cm³/mol. The van der Waals surface area contributed by atoms with E-state index in [1.54, 1.807) is 19.1 Å². The van der Waals surface area contributed by atoms with E-state index in [0.717, 1.165) is 12.8 Å². The maximum Gasteiger partial charge on any atom is 0.240 e. The third-order valence-electron chi connectivity index (χ3n) is 2.86. The van der Waals surface area contributed by atoms with Gasteiger partial charge in [-0.3, -0.25) is 0 Å². The highest BCUT2D eigenvalue weighted by Gasteiger charge is 2.16. The van der Waals surface area contributed by atoms with Crippen LogP contribution in [0.3, 0.4) is 0 Å². The molecule has 0 aliphatic rings. The van der Waals surface area contributed by atoms with Gasteiger partial charge < -0.3 is 0 Å². The molecule has 0 atom stereocenters. The van der Waals surface area contributed by atoms with Crippen LogP contribution in [0.1, 0.15) is 37.8 Å². The predicted octanol–water partition coefficient (Wildman–Crippen LogP) is 2.58. The van der Waals surface area contributed by atoms with Crippen LogP contribution in [0, 0.1) is 24.2 Å². The van der Waals surface area contributed by atoms with Crippen molar-refractivity contribution in [3.05, 3.63) is 29.3 Å². The molecule has 0 bridgehead atoms. The van der Waals surface area contributed by atoms with Crippen molar-refractivity contribution in [1.29, 1.82) is 5.26 Å². The molecule has 0 saturated carbocycles. The number of nitrogens with zero attached hydrogens (tertiary/aromatic N) is 1. The fourth-order valence-corrected chi connectivity index (χ4v) is 3.10. The van der Waals surface area contributed by atoms with Crippen LogP contribution in [0.4, 0.5) is 0 Å². The summed E-state index contributed by atoms with van der Waals surface area (Å²) >= 11 is 0. The zero-order chi connectivity index (χ0) is 14.5. The Morgan fingerprint density at radius 1 is 1.37 bits per heavy atom. The van der Waals surface area contributed by atoms with Crippen LogP contribution in [-0.4, -0.2) is 15.0 Å². The first-order valence-corrected chi connectivity index (χ1v) is 7.85. The molecule has 5 heteroatoms. The highest BCUT2D eigenvalue weighted by Crippen LogP contribution is 2.16. The molecule has 0 heterocycles. The molecule has 0 aromatic heterocycles. The summed E-state index contributed by atoms with van der Waals surface area (Å²) in [5, 5.41) is 8.83. The van der Waals surface area contributed by atoms with Crippen molar-refractivity contribution < 1.29 is 8.42 Å². The van der Waals surface area contributed by atoms with Gasteiger partial charge in [-0.2, -0.15) is 5.26 Å². The SMILES string of the molecule is Cc1ccc(C#N)cc1S(=O)(=O)NCCCC(C)C. The Balaban J connectivity index is 2.80. The van der Waals surface area contributed by atoms with E-state index < -0.39 is 10.0 Å². The first kappa shape index (κ1) is 15.7. The second kappa shape index (κ2) is 6.69. The normalized spacial score (nSPS) is 11.5. The van der Waals surface area contributed by atoms with Gasteiger partial charge in [0.1, 0.15) is 0 Å². The highest BCUT2D eigenvalue weighted by atomic mass is 32.2. The van der Waals surface area contributed by atoms with Gasteiger partial charge in [-0.25, -0.2) is 13.1 Å². The second-order valence-corrected chi connectivity index (χ2v) is 6.76. The van der Waals surface area contributed by atoms with E-state index in [9.17, 15) is 8.42 Å². The van der Waals surface area contributed by atoms with Crippen LogP contribution >= 0.6 is 0 Å². The third kappa shape index (κ3) is 4.66. The Labute approximate surface area is 115 Å². The molecular weight excluding hydrogens is 260 g/mol. The number of rotatable bonds is 6. The molecule has 1 N–H and O–H groups in total. The van der Waals surface area contributed by atoms with Crippen LogP contribution in [0.25, 0.3) is 0 Å². The van der Waals surface area contributed by atoms with Crippen LogP contribution in [0.5, 0.6) is 0 Å². The minimum absolute atomic E-state index is 0.191. The molecule has 4 nitrogen and oxygen atoms in total. The molecule has 1 aromatic rings. The number of hydrogen-bond acceptors (Lipinski definition) is 3. The Bertz CT molecular complexity index is 572. The van der Waals surface area contributed by atoms with Crippen molar-refractivity contribution in [1.82, 2.24) is 4.72 Å². The molecule has 0 spiro atoms. The van der Waals surface area contributed by atoms with E-state index >= 15 is 0 Å². The number of hydrogen-bond donors (Lipinski definition) is 1. The van der Waals surface area contributed by atoms with Gasteiger partial charge in [-0.1, -0.05) is 19.9 Å². The minimum atomic E-state index is -3.52. The molecule has 0 radical (unpaired) electrons. The van der Waals surface area contributed by atoms with Crippen LogP contribution in [0.2, 0.25) is 0 Å². The van der Waals surface area contributed by atoms with E-state index in [-0.39, 0.29) is 4.90 Å². The largest absolute Gasteiger partial charge is 0.240 e. The number of nitriles is 1. The summed E-state index contributed by atoms with van der Waals surface area (Å²) in [4.78, 5) is 0.191. The van der Waals surface area contributed by atoms with Gasteiger partial charge in [0.05, 0.1) is 16.5 Å². The Morgan fingerprint density at radius 3 is 2.63 bits per heavy atom. The first-order chi connectivity index (χ1) is 8.86. The first-order valence-electron chi connectivity index (χ1n) is 6.37. The van der Waals surface area contributed by atoms with Crippen LogP contribution < -0.4 is 4.72 Å². The Morgan fingerprint density at radius 2 is 2.05 bits per heavy atom. The number of aryl methyl sites for hydroxylation is 1. The van der Waals surface area contributed by atoms with Gasteiger partial charge in [0.2, 0.25) is 10.0 Å². The van der Waals surface area contributed by atoms with Crippen LogP contribution in [-0.2, 0) is 10.0 Å². The Kier molecular flexibility index (Phi) is 5.52. The summed E-state index contributed by atoms with van der Waals surface area (Å²) in [5.41, 5.74) is 1.00. The number of sulfonamides is 1. The zero-order valence-electron chi connectivity index (χ0n) is 11.6. The number of benzene rings is 1. The van der Waals surface area contributed by atoms with Gasteiger partial charge in [-0.15, -0.1) is 0 Å². The lowest BCUT2D eigenvalue weighted by atomic mass is 10.1. The fraction of sp³-hybridized carbons (Fsp3) is 0.500. The van der Waals surface area contributed by atoms with Crippen molar-refractivity contribution >= 4 is 10.0 Å². The van der Waals surface area contributed by atoms with E-state index in [2.05, 4.69) is 18.6 Å². The molecule has 1 aromatic carbocycles. The van der Waals surface area contributed by atoms with Gasteiger partial charge >= 0.3 is 0 Å². The summed E-state index contributed by atoms with van der Waals surface area (Å²) in [6, 6.07) is 6.65. The molecule has 0 aliphatic carbocycles. The minimum Gasteiger partial charge on any atom is -0.211 e. The monoisotopic (exact) mass is 280 g/mol. The summed E-state index contributed by atoms with van der Waals surface area (Å²) in [7, 11) is -3.52. The van der Waals surface area contributed by atoms with Crippen molar-refractivity contribution in [3.63, 3.8) is 0 Å². The molecular formula is C14H20N2O2S. The van der Waals surface area contributed by atoms with Crippen LogP contribution in [0.15, 0.2) is 23.1 Å². The van der Waals surface area contributed by atoms with Crippen molar-refractivity contribution in [2.24, 2.45) is 5.92 Å². The molecule has 104 valence electrons. The third-order valence-corrected chi connectivity index (χ3v) is 4.46. The molecule has 0 amide bonds. The fourth-order valence-electron chi connectivity index (χ4n) is 1.75. The molecule has 0 saturated heterocycles. The van der Waals surface area contributed by atoms with Gasteiger partial charge in [0.25, 0.3) is 0 Å². The van der Waals surface area contributed by atoms with E-state index in [0.29, 0.717) is 23.6 Å². The average Bonchev–Trinajstić information content (AvgIpc) is 2.35. The van der Waals surface area contributed by atoms with Gasteiger partial charge in [-0.05, 0) is 43.4 Å². The lowest BCUT2D eigenvalue weighted by Crippen LogP contribution is -2.25. The summed E-state index contributed by atoms with van der Waals surface area (Å²) < 4.78 is 26.9. The molecule has 19 heavy (non-hydrogen) atoms. The van der Waals surface area contributed by atoms with E-state index in [4.69, 9.17) is 5.26 Å². The van der Waals surface area contributed by atoms with Crippen molar-refractivity contribution in [2.45, 2.75) is 38.5 Å². The molecule has 0 fully saturated rings. The molecule has 0 aliphatic heterocycles. The second-order valence-electron chi connectivity index (χ2n) is 5.03. The highest BCUT2D eigenvalue weighted by molar-refractivity contribution is 7.89. The van der Waals surface area contributed by atoms with E-state index in [1.165, 1.54) is 6.07 Å². The quantitative estimate of drug-likeness (QED) is 0.814. The van der Waals surface area contributed by atoms with E-state index in [1.807, 2.05) is 6.07 Å². The average molecular weight is 280 g/mol. The Hall–Kier alpha value is -1.38. The summed E-state index contributed by atoms with van der Waals surface area (Å²) in [6.45, 7) is 6.37. The zero-order valence-corrected chi connectivity index (χ0v) is 12.4. The molecule has 0 unspecified atom stereocenters. The lowest BCUT2D eigenvalue weighted by Gasteiger charge is -2.10. The molecule has 1 rings (SSSR count). The topological polar surface area (TPSA) is 70.0 Å². The smallest absolute Gasteiger partial charge is 0.211 e. The van der Waals surface area contributed by atoms with Crippen molar-refractivity contribution in [3.8, 4) is 6.07 Å². The maximum atomic E-state index is 12.1. The standard InChI is InChI=1S/C14H20N2O2S/c1-11(2)5-4-8-16-19(17,18)14-9-13(10-15)7-6-12(14)3/h6-7,9,11,16H,4-5,8H2,1-3H3.